The Hall–Kier alpha value is -0.830. The van der Waals surface area contributed by atoms with Crippen LogP contribution in [0.25, 0.3) is 0 Å². The van der Waals surface area contributed by atoms with Gasteiger partial charge in [0.15, 0.2) is 0 Å². The van der Waals surface area contributed by atoms with Crippen LogP contribution in [0.15, 0.2) is 41.8 Å². The van der Waals surface area contributed by atoms with Gasteiger partial charge in [0.25, 0.3) is 0 Å². The molecule has 1 aromatic carbocycles. The van der Waals surface area contributed by atoms with E-state index in [4.69, 9.17) is 0 Å². The van der Waals surface area contributed by atoms with Crippen LogP contribution in [0.1, 0.15) is 16.0 Å². The molecule has 0 atom stereocenters. The van der Waals surface area contributed by atoms with Gasteiger partial charge in [0.05, 0.1) is 0 Å². The summed E-state index contributed by atoms with van der Waals surface area (Å²) in [6.07, 6.45) is 0. The summed E-state index contributed by atoms with van der Waals surface area (Å²) in [6.45, 7) is 4.08. The van der Waals surface area contributed by atoms with E-state index in [1.165, 1.54) is 16.0 Å². The van der Waals surface area contributed by atoms with Crippen molar-refractivity contribution in [3.8, 4) is 0 Å². The molecule has 0 unspecified atom stereocenters. The topological polar surface area (TPSA) is 12.0 Å². The number of nitrogens with one attached hydrogen (secondary N) is 1. The first-order valence-corrected chi connectivity index (χ1v) is 6.02. The molecule has 0 aliphatic carbocycles. The molecule has 1 heterocycles. The van der Waals surface area contributed by atoms with Gasteiger partial charge in [-0.05, 0) is 29.5 Å². The summed E-state index contributed by atoms with van der Waals surface area (Å²) in [5, 5.41) is 5.60. The number of hydrogen-bond donors (Lipinski definition) is 1. The van der Waals surface area contributed by atoms with E-state index in [-0.39, 0.29) is 12.4 Å². The number of rotatable bonds is 4. The zero-order valence-electron chi connectivity index (χ0n) is 9.24. The highest BCUT2D eigenvalue weighted by atomic mass is 35.5. The van der Waals surface area contributed by atoms with Gasteiger partial charge >= 0.3 is 0 Å². The Morgan fingerprint density at radius 2 is 1.81 bits per heavy atom. The summed E-state index contributed by atoms with van der Waals surface area (Å²) in [4.78, 5) is 1.44. The van der Waals surface area contributed by atoms with E-state index in [1.807, 2.05) is 17.4 Å². The van der Waals surface area contributed by atoms with Gasteiger partial charge in [-0.3, -0.25) is 0 Å². The fraction of sp³-hybridized carbons (Fsp3) is 0.231. The average molecular weight is 253 g/mol. The van der Waals surface area contributed by atoms with Gasteiger partial charge in [-0.1, -0.05) is 30.3 Å². The minimum Gasteiger partial charge on any atom is -1.00 e. The quantitative estimate of drug-likeness (QED) is 0.828. The van der Waals surface area contributed by atoms with Crippen molar-refractivity contribution in [2.45, 2.75) is 20.0 Å². The van der Waals surface area contributed by atoms with Crippen molar-refractivity contribution in [2.24, 2.45) is 0 Å². The number of hydrogen-bond acceptors (Lipinski definition) is 2. The van der Waals surface area contributed by atoms with Gasteiger partial charge in [-0.15, -0.1) is 11.3 Å². The highest BCUT2D eigenvalue weighted by Gasteiger charge is 1.98. The molecule has 0 spiro atoms. The zero-order chi connectivity index (χ0) is 10.5. The minimum absolute atomic E-state index is 0. The van der Waals surface area contributed by atoms with Crippen molar-refractivity contribution in [3.05, 3.63) is 57.8 Å². The second-order valence-electron chi connectivity index (χ2n) is 3.62. The molecule has 0 aliphatic heterocycles. The molecule has 0 saturated carbocycles. The maximum absolute atomic E-state index is 3.46. The number of aryl methyl sites for hydroxylation is 1. The molecule has 1 aromatic heterocycles. The average Bonchev–Trinajstić information content (AvgIpc) is 2.66. The van der Waals surface area contributed by atoms with Crippen LogP contribution in [0, 0.1) is 6.92 Å². The third-order valence-electron chi connectivity index (χ3n) is 2.43. The van der Waals surface area contributed by atoms with Crippen molar-refractivity contribution in [1.82, 2.24) is 5.32 Å². The molecule has 0 bridgehead atoms. The smallest absolute Gasteiger partial charge is 0.0305 e. The first kappa shape index (κ1) is 13.2. The lowest BCUT2D eigenvalue weighted by Crippen LogP contribution is -3.00. The van der Waals surface area contributed by atoms with E-state index in [9.17, 15) is 0 Å². The van der Waals surface area contributed by atoms with E-state index >= 15 is 0 Å². The van der Waals surface area contributed by atoms with Crippen molar-refractivity contribution in [1.29, 1.82) is 0 Å². The van der Waals surface area contributed by atoms with Gasteiger partial charge in [-0.25, -0.2) is 0 Å². The summed E-state index contributed by atoms with van der Waals surface area (Å²) in [5.41, 5.74) is 2.73. The summed E-state index contributed by atoms with van der Waals surface area (Å²) < 4.78 is 0. The molecule has 0 fully saturated rings. The lowest BCUT2D eigenvalue weighted by atomic mass is 10.2. The van der Waals surface area contributed by atoms with Gasteiger partial charge in [0, 0.05) is 18.0 Å². The van der Waals surface area contributed by atoms with Crippen LogP contribution in [-0.2, 0) is 13.1 Å². The van der Waals surface area contributed by atoms with E-state index in [0.29, 0.717) is 0 Å². The molecule has 1 nitrogen and oxygen atoms in total. The van der Waals surface area contributed by atoms with Crippen molar-refractivity contribution < 1.29 is 12.4 Å². The van der Waals surface area contributed by atoms with Crippen molar-refractivity contribution in [2.75, 3.05) is 0 Å². The fourth-order valence-electron chi connectivity index (χ4n) is 1.50. The Balaban J connectivity index is 0.00000128. The van der Waals surface area contributed by atoms with E-state index in [1.54, 1.807) is 0 Å². The number of thiophene rings is 1. The molecule has 0 amide bonds. The van der Waals surface area contributed by atoms with Crippen LogP contribution in [-0.4, -0.2) is 0 Å². The van der Waals surface area contributed by atoms with E-state index in [2.05, 4.69) is 48.0 Å². The Labute approximate surface area is 107 Å². The molecule has 2 aromatic rings. The monoisotopic (exact) mass is 252 g/mol. The Morgan fingerprint density at radius 1 is 1.06 bits per heavy atom. The SMILES string of the molecule is Cc1ccsc1CNCc1ccccc1.[Cl-]. The maximum atomic E-state index is 3.46. The highest BCUT2D eigenvalue weighted by molar-refractivity contribution is 7.10. The van der Waals surface area contributed by atoms with Crippen LogP contribution in [0.5, 0.6) is 0 Å². The first-order chi connectivity index (χ1) is 7.36. The molecule has 2 rings (SSSR count). The molecule has 0 aliphatic rings. The standard InChI is InChI=1S/C13H15NS.ClH/c1-11-7-8-15-13(11)10-14-9-12-5-3-2-4-6-12;/h2-8,14H,9-10H2,1H3;1H/p-1. The third-order valence-corrected chi connectivity index (χ3v) is 3.45. The Morgan fingerprint density at radius 3 is 2.44 bits per heavy atom. The second-order valence-corrected chi connectivity index (χ2v) is 4.62. The largest absolute Gasteiger partial charge is 1.00 e. The number of benzene rings is 1. The lowest BCUT2D eigenvalue weighted by molar-refractivity contribution is -0.00000305. The fourth-order valence-corrected chi connectivity index (χ4v) is 2.38. The molecular weight excluding hydrogens is 238 g/mol. The predicted molar refractivity (Wildman–Crippen MR) is 66.0 cm³/mol. The van der Waals surface area contributed by atoms with Crippen molar-refractivity contribution in [3.63, 3.8) is 0 Å². The molecule has 1 N–H and O–H groups in total. The van der Waals surface area contributed by atoms with Gasteiger partial charge in [-0.2, -0.15) is 0 Å². The van der Waals surface area contributed by atoms with Gasteiger partial charge < -0.3 is 17.7 Å². The summed E-state index contributed by atoms with van der Waals surface area (Å²) in [7, 11) is 0. The van der Waals surface area contributed by atoms with E-state index < -0.39 is 0 Å². The number of halogens is 1. The Kier molecular flexibility index (Phi) is 5.53. The van der Waals surface area contributed by atoms with Crippen LogP contribution in [0.3, 0.4) is 0 Å². The first-order valence-electron chi connectivity index (χ1n) is 5.14. The minimum atomic E-state index is 0. The van der Waals surface area contributed by atoms with Gasteiger partial charge in [0.1, 0.15) is 0 Å². The van der Waals surface area contributed by atoms with Crippen LogP contribution in [0.2, 0.25) is 0 Å². The molecule has 0 radical (unpaired) electrons. The van der Waals surface area contributed by atoms with Crippen LogP contribution in [0.4, 0.5) is 0 Å². The van der Waals surface area contributed by atoms with Gasteiger partial charge in [0.2, 0.25) is 0 Å². The highest BCUT2D eigenvalue weighted by Crippen LogP contribution is 2.14. The summed E-state index contributed by atoms with van der Waals surface area (Å²) >= 11 is 1.82. The maximum Gasteiger partial charge on any atom is 0.0305 e. The molecule has 86 valence electrons. The summed E-state index contributed by atoms with van der Waals surface area (Å²) in [6, 6.07) is 12.7. The normalized spacial score (nSPS) is 9.81. The van der Waals surface area contributed by atoms with E-state index in [0.717, 1.165) is 13.1 Å². The molecular formula is C13H15ClNS-. The zero-order valence-corrected chi connectivity index (χ0v) is 10.8. The Bertz CT molecular complexity index is 411. The summed E-state index contributed by atoms with van der Waals surface area (Å²) in [5.74, 6) is 0. The van der Waals surface area contributed by atoms with Crippen LogP contribution < -0.4 is 17.7 Å². The second kappa shape index (κ2) is 6.69. The third kappa shape index (κ3) is 3.63. The predicted octanol–water partition coefficient (Wildman–Crippen LogP) is 0.350. The molecule has 3 heteroatoms. The molecule has 16 heavy (non-hydrogen) atoms. The van der Waals surface area contributed by atoms with Crippen molar-refractivity contribution >= 4 is 11.3 Å². The lowest BCUT2D eigenvalue weighted by Gasteiger charge is -2.03. The molecule has 0 saturated heterocycles. The van der Waals surface area contributed by atoms with Crippen LogP contribution >= 0.6 is 11.3 Å².